The zero-order valence-corrected chi connectivity index (χ0v) is 9.12. The molecule has 0 saturated heterocycles. The fraction of sp³-hybridized carbons (Fsp3) is 0.154. The highest BCUT2D eigenvalue weighted by atomic mass is 15.0. The normalized spacial score (nSPS) is 10.5. The van der Waals surface area contributed by atoms with Gasteiger partial charge >= 0.3 is 0 Å². The Morgan fingerprint density at radius 3 is 2.60 bits per heavy atom. The van der Waals surface area contributed by atoms with Crippen molar-refractivity contribution in [1.29, 1.82) is 0 Å². The minimum atomic E-state index is 0.930. The van der Waals surface area contributed by atoms with Crippen molar-refractivity contribution in [3.63, 3.8) is 0 Å². The zero-order chi connectivity index (χ0) is 11.0. The molecular weight excluding hydrogens is 184 g/mol. The highest BCUT2D eigenvalue weighted by molar-refractivity contribution is 5.68. The van der Waals surface area contributed by atoms with Crippen LogP contribution in [0, 0.1) is 0 Å². The second-order valence-electron chi connectivity index (χ2n) is 3.82. The molecule has 0 N–H and O–H groups in total. The number of aromatic nitrogens is 2. The summed E-state index contributed by atoms with van der Waals surface area (Å²) in [5.74, 6) is 0. The average molecular weight is 198 g/mol. The van der Waals surface area contributed by atoms with Crippen LogP contribution in [0.1, 0.15) is 25.2 Å². The summed E-state index contributed by atoms with van der Waals surface area (Å²) in [4.78, 5) is 4.50. The molecule has 0 aliphatic carbocycles. The Labute approximate surface area is 89.6 Å². The van der Waals surface area contributed by atoms with Crippen molar-refractivity contribution in [2.45, 2.75) is 13.8 Å². The van der Waals surface area contributed by atoms with Gasteiger partial charge in [-0.25, -0.2) is 4.98 Å². The number of hydrogen-bond acceptors (Lipinski definition) is 1. The molecule has 2 heteroatoms. The lowest BCUT2D eigenvalue weighted by Gasteiger charge is -2.08. The molecule has 15 heavy (non-hydrogen) atoms. The van der Waals surface area contributed by atoms with Crippen molar-refractivity contribution in [2.75, 3.05) is 0 Å². The van der Waals surface area contributed by atoms with Gasteiger partial charge < -0.3 is 4.40 Å². The molecule has 0 atom stereocenters. The second-order valence-corrected chi connectivity index (χ2v) is 3.82. The van der Waals surface area contributed by atoms with Gasteiger partial charge in [-0.15, -0.1) is 0 Å². The van der Waals surface area contributed by atoms with Crippen LogP contribution >= 0.6 is 0 Å². The molecule has 0 bridgehead atoms. The van der Waals surface area contributed by atoms with E-state index in [-0.39, 0.29) is 0 Å². The van der Waals surface area contributed by atoms with Crippen LogP contribution in [-0.4, -0.2) is 9.38 Å². The molecule has 2 nitrogen and oxygen atoms in total. The molecule has 0 saturated carbocycles. The molecule has 0 spiro atoms. The fourth-order valence-corrected chi connectivity index (χ4v) is 1.57. The van der Waals surface area contributed by atoms with Crippen LogP contribution < -0.4 is 0 Å². The fourth-order valence-electron chi connectivity index (χ4n) is 1.57. The minimum absolute atomic E-state index is 0.930. The maximum absolute atomic E-state index is 4.50. The molecule has 76 valence electrons. The molecule has 2 aromatic rings. The Morgan fingerprint density at radius 2 is 2.00 bits per heavy atom. The van der Waals surface area contributed by atoms with Crippen molar-refractivity contribution in [3.8, 4) is 0 Å². The highest BCUT2D eigenvalue weighted by Gasteiger charge is 2.05. The highest BCUT2D eigenvalue weighted by Crippen LogP contribution is 2.19. The predicted octanol–water partition coefficient (Wildman–Crippen LogP) is 3.40. The van der Waals surface area contributed by atoms with Gasteiger partial charge in [-0.2, -0.15) is 0 Å². The molecule has 0 radical (unpaired) electrons. The Bertz CT molecular complexity index is 547. The summed E-state index contributed by atoms with van der Waals surface area (Å²) in [7, 11) is 0. The van der Waals surface area contributed by atoms with E-state index >= 15 is 0 Å². The Balaban J connectivity index is 2.80. The van der Waals surface area contributed by atoms with E-state index in [1.807, 2.05) is 42.6 Å². The number of hydrogen-bond donors (Lipinski definition) is 0. The average Bonchev–Trinajstić information content (AvgIpc) is 2.62. The van der Waals surface area contributed by atoms with Crippen molar-refractivity contribution >= 4 is 16.8 Å². The van der Waals surface area contributed by atoms with Crippen LogP contribution in [0.3, 0.4) is 0 Å². The lowest BCUT2D eigenvalue weighted by Crippen LogP contribution is -1.98. The van der Waals surface area contributed by atoms with E-state index < -0.39 is 0 Å². The van der Waals surface area contributed by atoms with Crippen molar-refractivity contribution in [3.05, 3.63) is 48.9 Å². The van der Waals surface area contributed by atoms with Gasteiger partial charge in [0.05, 0.1) is 11.4 Å². The summed E-state index contributed by atoms with van der Waals surface area (Å²) in [6, 6.07) is 5.99. The van der Waals surface area contributed by atoms with Gasteiger partial charge in [-0.05, 0) is 43.2 Å². The molecule has 0 aliphatic heterocycles. The van der Waals surface area contributed by atoms with Crippen LogP contribution in [-0.2, 0) is 0 Å². The van der Waals surface area contributed by atoms with Crippen LogP contribution in [0.15, 0.2) is 37.6 Å². The summed E-state index contributed by atoms with van der Waals surface area (Å²) < 4.78 is 2.04. The molecule has 2 heterocycles. The Morgan fingerprint density at radius 1 is 1.27 bits per heavy atom. The van der Waals surface area contributed by atoms with E-state index in [1.165, 1.54) is 0 Å². The minimum Gasteiger partial charge on any atom is -0.302 e. The summed E-state index contributed by atoms with van der Waals surface area (Å²) in [5, 5.41) is 0. The van der Waals surface area contributed by atoms with E-state index in [0.29, 0.717) is 0 Å². The predicted molar refractivity (Wildman–Crippen MR) is 64.6 cm³/mol. The lowest BCUT2D eigenvalue weighted by atomic mass is 10.1. The molecule has 0 aliphatic rings. The summed E-state index contributed by atoms with van der Waals surface area (Å²) in [6.45, 7) is 11.9. The topological polar surface area (TPSA) is 17.3 Å². The van der Waals surface area contributed by atoms with Gasteiger partial charge in [0.25, 0.3) is 0 Å². The quantitative estimate of drug-likeness (QED) is 0.723. The van der Waals surface area contributed by atoms with Gasteiger partial charge in [0.15, 0.2) is 0 Å². The standard InChI is InChI=1S/C13H14N2/c1-9(2)11-8-12(10(3)4)15-7-5-6-13(15)14-11/h5-8H,1,3H2,2,4H3. The van der Waals surface area contributed by atoms with Gasteiger partial charge in [0, 0.05) is 6.20 Å². The first-order chi connectivity index (χ1) is 7.09. The molecule has 0 fully saturated rings. The van der Waals surface area contributed by atoms with Gasteiger partial charge in [0.1, 0.15) is 5.65 Å². The first-order valence-electron chi connectivity index (χ1n) is 4.89. The van der Waals surface area contributed by atoms with Crippen molar-refractivity contribution in [1.82, 2.24) is 9.38 Å². The van der Waals surface area contributed by atoms with E-state index in [2.05, 4.69) is 18.1 Å². The SMILES string of the molecule is C=C(C)c1cc(C(=C)C)n2cccc2n1. The lowest BCUT2D eigenvalue weighted by molar-refractivity contribution is 1.09. The van der Waals surface area contributed by atoms with Crippen molar-refractivity contribution < 1.29 is 0 Å². The molecule has 0 amide bonds. The van der Waals surface area contributed by atoms with Crippen LogP contribution in [0.5, 0.6) is 0 Å². The summed E-state index contributed by atoms with van der Waals surface area (Å²) in [6.07, 6.45) is 1.99. The van der Waals surface area contributed by atoms with E-state index in [9.17, 15) is 0 Å². The van der Waals surface area contributed by atoms with E-state index in [1.54, 1.807) is 0 Å². The third-order valence-corrected chi connectivity index (χ3v) is 2.37. The monoisotopic (exact) mass is 198 g/mol. The van der Waals surface area contributed by atoms with Gasteiger partial charge in [-0.1, -0.05) is 13.2 Å². The van der Waals surface area contributed by atoms with E-state index in [4.69, 9.17) is 0 Å². The van der Waals surface area contributed by atoms with Crippen LogP contribution in [0.2, 0.25) is 0 Å². The molecule has 2 aromatic heterocycles. The first-order valence-corrected chi connectivity index (χ1v) is 4.89. The number of nitrogens with zero attached hydrogens (tertiary/aromatic N) is 2. The Hall–Kier alpha value is -1.83. The summed E-state index contributed by atoms with van der Waals surface area (Å²) >= 11 is 0. The zero-order valence-electron chi connectivity index (χ0n) is 9.12. The van der Waals surface area contributed by atoms with Crippen LogP contribution in [0.4, 0.5) is 0 Å². The van der Waals surface area contributed by atoms with Gasteiger partial charge in [-0.3, -0.25) is 0 Å². The molecular formula is C13H14N2. The smallest absolute Gasteiger partial charge is 0.137 e. The first kappa shape index (κ1) is 9.71. The number of allylic oxidation sites excluding steroid dienone is 2. The van der Waals surface area contributed by atoms with Crippen LogP contribution in [0.25, 0.3) is 16.8 Å². The molecule has 2 rings (SSSR count). The maximum atomic E-state index is 4.50. The third kappa shape index (κ3) is 1.59. The number of fused-ring (bicyclic) bond motifs is 1. The van der Waals surface area contributed by atoms with E-state index in [0.717, 1.165) is 28.2 Å². The molecule has 0 aromatic carbocycles. The largest absolute Gasteiger partial charge is 0.302 e. The van der Waals surface area contributed by atoms with Crippen molar-refractivity contribution in [2.24, 2.45) is 0 Å². The second kappa shape index (κ2) is 3.39. The maximum Gasteiger partial charge on any atom is 0.137 e. The molecule has 0 unspecified atom stereocenters. The summed E-state index contributed by atoms with van der Waals surface area (Å²) in [5.41, 5.74) is 4.96. The Kier molecular flexibility index (Phi) is 2.19. The van der Waals surface area contributed by atoms with Gasteiger partial charge in [0.2, 0.25) is 0 Å². The number of rotatable bonds is 2. The third-order valence-electron chi connectivity index (χ3n) is 2.37.